The average Bonchev–Trinajstić information content (AvgIpc) is 2.66. The molecular formula is C22H26N2O7. The molecule has 3 aliphatic rings. The fourth-order valence-electron chi connectivity index (χ4n) is 5.58. The number of primary amides is 1. The van der Waals surface area contributed by atoms with Crippen molar-refractivity contribution in [1.29, 1.82) is 0 Å². The van der Waals surface area contributed by atoms with Crippen LogP contribution in [0.15, 0.2) is 41.2 Å². The number of fused-ring (bicyclic) bond motifs is 3. The zero-order chi connectivity index (χ0) is 23.0. The minimum Gasteiger partial charge on any atom is -0.508 e. The molecule has 1 unspecified atom stereocenters. The summed E-state index contributed by atoms with van der Waals surface area (Å²) in [6.45, 7) is 1.54. The molecule has 0 saturated carbocycles. The molecule has 31 heavy (non-hydrogen) atoms. The number of phenols is 1. The third-order valence-electron chi connectivity index (χ3n) is 7.06. The Morgan fingerprint density at radius 3 is 2.45 bits per heavy atom. The van der Waals surface area contributed by atoms with E-state index in [1.165, 1.54) is 17.0 Å². The van der Waals surface area contributed by atoms with Crippen LogP contribution in [-0.4, -0.2) is 67.9 Å². The van der Waals surface area contributed by atoms with Gasteiger partial charge in [0.15, 0.2) is 5.78 Å². The highest BCUT2D eigenvalue weighted by molar-refractivity contribution is 6.22. The highest BCUT2D eigenvalue weighted by atomic mass is 16.3. The van der Waals surface area contributed by atoms with Gasteiger partial charge in [-0.1, -0.05) is 12.1 Å². The maximum absolute atomic E-state index is 13.0. The van der Waals surface area contributed by atoms with Crippen molar-refractivity contribution in [1.82, 2.24) is 4.90 Å². The van der Waals surface area contributed by atoms with E-state index in [9.17, 15) is 35.1 Å². The van der Waals surface area contributed by atoms with Crippen molar-refractivity contribution in [3.8, 4) is 5.75 Å². The Balaban J connectivity index is 2.00. The van der Waals surface area contributed by atoms with Crippen molar-refractivity contribution < 1.29 is 35.1 Å². The summed E-state index contributed by atoms with van der Waals surface area (Å²) in [6, 6.07) is 3.54. The zero-order valence-electron chi connectivity index (χ0n) is 17.4. The second-order valence-electron chi connectivity index (χ2n) is 9.01. The Morgan fingerprint density at radius 2 is 1.87 bits per heavy atom. The number of likely N-dealkylation sites (N-methyl/N-ethyl adjacent to an activating group) is 1. The predicted molar refractivity (Wildman–Crippen MR) is 109 cm³/mol. The Kier molecular flexibility index (Phi) is 4.61. The first-order valence-electron chi connectivity index (χ1n) is 9.96. The number of carbonyl (C=O) groups excluding carboxylic acids is 2. The summed E-state index contributed by atoms with van der Waals surface area (Å²) in [5.41, 5.74) is 1.56. The van der Waals surface area contributed by atoms with Gasteiger partial charge in [-0.05, 0) is 50.7 Å². The lowest BCUT2D eigenvalue weighted by molar-refractivity contribution is -0.136. The first-order chi connectivity index (χ1) is 14.3. The van der Waals surface area contributed by atoms with Crippen LogP contribution < -0.4 is 5.73 Å². The van der Waals surface area contributed by atoms with Crippen LogP contribution in [0.2, 0.25) is 0 Å². The van der Waals surface area contributed by atoms with Gasteiger partial charge in [0.1, 0.15) is 28.8 Å². The van der Waals surface area contributed by atoms with E-state index in [1.54, 1.807) is 33.2 Å². The van der Waals surface area contributed by atoms with Crippen molar-refractivity contribution in [2.45, 2.75) is 36.7 Å². The molecule has 1 amide bonds. The third kappa shape index (κ3) is 2.71. The Hall–Kier alpha value is -2.72. The highest BCUT2D eigenvalue weighted by Gasteiger charge is 2.60. The van der Waals surface area contributed by atoms with Gasteiger partial charge in [-0.2, -0.15) is 0 Å². The van der Waals surface area contributed by atoms with Crippen molar-refractivity contribution in [2.24, 2.45) is 17.6 Å². The smallest absolute Gasteiger partial charge is 0.255 e. The number of nitrogens with two attached hydrogens (primary N) is 1. The molecule has 3 aliphatic carbocycles. The number of benzene rings is 1. The quantitative estimate of drug-likeness (QED) is 0.276. The molecule has 0 aromatic heterocycles. The van der Waals surface area contributed by atoms with Gasteiger partial charge < -0.3 is 31.3 Å². The van der Waals surface area contributed by atoms with E-state index in [0.717, 1.165) is 0 Å². The number of aliphatic hydroxyl groups is 4. The van der Waals surface area contributed by atoms with Gasteiger partial charge >= 0.3 is 0 Å². The van der Waals surface area contributed by atoms with Crippen LogP contribution >= 0.6 is 0 Å². The van der Waals surface area contributed by atoms with Gasteiger partial charge in [0.25, 0.3) is 5.91 Å². The number of carbonyl (C=O) groups is 2. The van der Waals surface area contributed by atoms with Crippen LogP contribution in [0, 0.1) is 11.8 Å². The summed E-state index contributed by atoms with van der Waals surface area (Å²) in [4.78, 5) is 26.5. The van der Waals surface area contributed by atoms with E-state index in [2.05, 4.69) is 0 Å². The number of hydrogen-bond acceptors (Lipinski definition) is 8. The van der Waals surface area contributed by atoms with Crippen LogP contribution in [0.25, 0.3) is 0 Å². The normalized spacial score (nSPS) is 37.1. The molecular weight excluding hydrogens is 404 g/mol. The average molecular weight is 430 g/mol. The number of amides is 1. The van der Waals surface area contributed by atoms with Gasteiger partial charge in [-0.15, -0.1) is 0 Å². The number of ketones is 1. The van der Waals surface area contributed by atoms with Gasteiger partial charge in [0, 0.05) is 17.4 Å². The summed E-state index contributed by atoms with van der Waals surface area (Å²) in [6.07, 6.45) is -0.153. The first kappa shape index (κ1) is 21.5. The molecule has 0 fully saturated rings. The molecule has 1 aromatic rings. The van der Waals surface area contributed by atoms with Gasteiger partial charge in [-0.25, -0.2) is 0 Å². The SMILES string of the molecule is CN(C)[C@@H]1C(=O)C(C(N)=O)=C(O)[C@@]2(O)C=C3C(O)c4c(O)cccc4[C@@](C)(O)[C@H]3C[C@@H]12. The molecule has 7 N–H and O–H groups in total. The first-order valence-corrected chi connectivity index (χ1v) is 9.96. The Labute approximate surface area is 178 Å². The van der Waals surface area contributed by atoms with Crippen LogP contribution in [-0.2, 0) is 15.2 Å². The number of nitrogens with zero attached hydrogens (tertiary/aromatic N) is 1. The summed E-state index contributed by atoms with van der Waals surface area (Å²) >= 11 is 0. The topological polar surface area (TPSA) is 165 Å². The molecule has 0 aliphatic heterocycles. The second-order valence-corrected chi connectivity index (χ2v) is 9.01. The van der Waals surface area contributed by atoms with Gasteiger partial charge in [0.2, 0.25) is 0 Å². The number of rotatable bonds is 2. The largest absolute Gasteiger partial charge is 0.508 e. The lowest BCUT2D eigenvalue weighted by atomic mass is 9.56. The van der Waals surface area contributed by atoms with Gasteiger partial charge in [0.05, 0.1) is 11.6 Å². The molecule has 4 rings (SSSR count). The van der Waals surface area contributed by atoms with Crippen molar-refractivity contribution >= 4 is 11.7 Å². The molecule has 0 heterocycles. The molecule has 0 spiro atoms. The standard InChI is InChI=1S/C22H26N2O7/c1-21(30)10-5-4-6-13(25)14(10)17(26)9-8-22(31)12(7-11(9)21)16(24(2)3)18(27)15(19(22)28)20(23)29/h4-6,8,11-12,16-17,25-26,28,30-31H,7H2,1-3H3,(H2,23,29)/t11-,12-,16-,17?,21+,22+/m0/s1. The number of Topliss-reactive ketones (excluding diaryl/α,β-unsaturated/α-hetero) is 1. The van der Waals surface area contributed by atoms with Crippen LogP contribution in [0.4, 0.5) is 0 Å². The molecule has 0 bridgehead atoms. The predicted octanol–water partition coefficient (Wildman–Crippen LogP) is -0.249. The molecule has 166 valence electrons. The summed E-state index contributed by atoms with van der Waals surface area (Å²) in [5.74, 6) is -4.61. The number of phenolic OH excluding ortho intramolecular Hbond substituents is 1. The fraction of sp³-hybridized carbons (Fsp3) is 0.455. The number of aromatic hydroxyl groups is 1. The van der Waals surface area contributed by atoms with E-state index in [0.29, 0.717) is 5.56 Å². The van der Waals surface area contributed by atoms with E-state index in [4.69, 9.17) is 5.73 Å². The number of aliphatic hydroxyl groups excluding tert-OH is 2. The maximum Gasteiger partial charge on any atom is 0.255 e. The molecule has 0 radical (unpaired) electrons. The fourth-order valence-corrected chi connectivity index (χ4v) is 5.58. The van der Waals surface area contributed by atoms with E-state index >= 15 is 0 Å². The molecule has 6 atom stereocenters. The minimum atomic E-state index is -2.17. The third-order valence-corrected chi connectivity index (χ3v) is 7.06. The Morgan fingerprint density at radius 1 is 1.23 bits per heavy atom. The molecule has 0 saturated heterocycles. The second kappa shape index (κ2) is 6.64. The van der Waals surface area contributed by atoms with E-state index < -0.39 is 58.2 Å². The summed E-state index contributed by atoms with van der Waals surface area (Å²) in [7, 11) is 3.20. The van der Waals surface area contributed by atoms with Crippen LogP contribution in [0.5, 0.6) is 5.75 Å². The lowest BCUT2D eigenvalue weighted by Gasteiger charge is -2.53. The van der Waals surface area contributed by atoms with Crippen LogP contribution in [0.1, 0.15) is 30.6 Å². The minimum absolute atomic E-state index is 0.0200. The molecule has 1 aromatic carbocycles. The summed E-state index contributed by atoms with van der Waals surface area (Å²) < 4.78 is 0. The summed E-state index contributed by atoms with van der Waals surface area (Å²) in [5, 5.41) is 55.1. The van der Waals surface area contributed by atoms with Crippen molar-refractivity contribution in [3.05, 3.63) is 52.3 Å². The monoisotopic (exact) mass is 430 g/mol. The maximum atomic E-state index is 13.0. The van der Waals surface area contributed by atoms with Crippen molar-refractivity contribution in [2.75, 3.05) is 14.1 Å². The van der Waals surface area contributed by atoms with E-state index in [1.807, 2.05) is 0 Å². The molecule has 9 nitrogen and oxygen atoms in total. The zero-order valence-corrected chi connectivity index (χ0v) is 17.4. The Bertz CT molecular complexity index is 1060. The van der Waals surface area contributed by atoms with Crippen LogP contribution in [0.3, 0.4) is 0 Å². The lowest BCUT2D eigenvalue weighted by Crippen LogP contribution is -2.62. The van der Waals surface area contributed by atoms with Gasteiger partial charge in [-0.3, -0.25) is 14.5 Å². The molecule has 9 heteroatoms. The number of hydrogen-bond donors (Lipinski definition) is 6. The highest BCUT2D eigenvalue weighted by Crippen LogP contribution is 2.58. The van der Waals surface area contributed by atoms with E-state index in [-0.39, 0.29) is 23.3 Å². The van der Waals surface area contributed by atoms with Crippen molar-refractivity contribution in [3.63, 3.8) is 0 Å².